The Morgan fingerprint density at radius 3 is 2.50 bits per heavy atom. The summed E-state index contributed by atoms with van der Waals surface area (Å²) in [5.74, 6) is 0.458. The van der Waals surface area contributed by atoms with Crippen LogP contribution in [0, 0.1) is 13.8 Å². The standard InChI is InChI=1S/C18H18N4O2/c1-12-11-15(24-3)9-10-16(12)19-18(23)17-13(2)20-22(21-17)14-7-5-4-6-8-14/h4-11H,1-3H3,(H,19,23). The van der Waals surface area contributed by atoms with Gasteiger partial charge in [0.05, 0.1) is 18.5 Å². The van der Waals surface area contributed by atoms with Crippen LogP contribution in [0.3, 0.4) is 0 Å². The molecule has 2 aromatic carbocycles. The second-order valence-corrected chi connectivity index (χ2v) is 5.39. The molecule has 0 fully saturated rings. The highest BCUT2D eigenvalue weighted by atomic mass is 16.5. The van der Waals surface area contributed by atoms with Crippen molar-refractivity contribution in [3.05, 3.63) is 65.5 Å². The van der Waals surface area contributed by atoms with Gasteiger partial charge < -0.3 is 10.1 Å². The Labute approximate surface area is 140 Å². The van der Waals surface area contributed by atoms with E-state index in [9.17, 15) is 4.79 Å². The minimum Gasteiger partial charge on any atom is -0.497 e. The van der Waals surface area contributed by atoms with Crippen molar-refractivity contribution < 1.29 is 9.53 Å². The number of aryl methyl sites for hydroxylation is 2. The van der Waals surface area contributed by atoms with Crippen molar-refractivity contribution >= 4 is 11.6 Å². The molecule has 1 heterocycles. The van der Waals surface area contributed by atoms with Crippen molar-refractivity contribution in [3.63, 3.8) is 0 Å². The molecule has 0 atom stereocenters. The van der Waals surface area contributed by atoms with Crippen molar-refractivity contribution in [3.8, 4) is 11.4 Å². The predicted octanol–water partition coefficient (Wildman–Crippen LogP) is 3.15. The fourth-order valence-electron chi connectivity index (χ4n) is 2.35. The van der Waals surface area contributed by atoms with Crippen molar-refractivity contribution in [2.24, 2.45) is 0 Å². The van der Waals surface area contributed by atoms with E-state index in [4.69, 9.17) is 4.74 Å². The van der Waals surface area contributed by atoms with Crippen molar-refractivity contribution in [2.45, 2.75) is 13.8 Å². The molecule has 24 heavy (non-hydrogen) atoms. The molecule has 0 saturated heterocycles. The van der Waals surface area contributed by atoms with Crippen LogP contribution in [0.4, 0.5) is 5.69 Å². The van der Waals surface area contributed by atoms with Crippen molar-refractivity contribution in [1.29, 1.82) is 0 Å². The first-order valence-corrected chi connectivity index (χ1v) is 7.54. The van der Waals surface area contributed by atoms with E-state index < -0.39 is 0 Å². The van der Waals surface area contributed by atoms with Crippen molar-refractivity contribution in [2.75, 3.05) is 12.4 Å². The molecule has 0 radical (unpaired) electrons. The molecule has 0 aliphatic carbocycles. The van der Waals surface area contributed by atoms with Crippen LogP contribution in [-0.2, 0) is 0 Å². The first-order chi connectivity index (χ1) is 11.6. The van der Waals surface area contributed by atoms with E-state index in [0.717, 1.165) is 22.7 Å². The number of aromatic nitrogens is 3. The maximum absolute atomic E-state index is 12.5. The largest absolute Gasteiger partial charge is 0.497 e. The molecule has 122 valence electrons. The molecular formula is C18H18N4O2. The Hall–Kier alpha value is -3.15. The van der Waals surface area contributed by atoms with Crippen LogP contribution in [0.5, 0.6) is 5.75 Å². The number of hydrogen-bond acceptors (Lipinski definition) is 4. The normalized spacial score (nSPS) is 10.5. The first-order valence-electron chi connectivity index (χ1n) is 7.54. The molecule has 1 N–H and O–H groups in total. The molecule has 0 unspecified atom stereocenters. The van der Waals surface area contributed by atoms with E-state index in [0.29, 0.717) is 11.4 Å². The molecule has 3 aromatic rings. The number of carbonyl (C=O) groups excluding carboxylic acids is 1. The number of rotatable bonds is 4. The Morgan fingerprint density at radius 1 is 1.08 bits per heavy atom. The number of amides is 1. The number of anilines is 1. The molecule has 3 rings (SSSR count). The quantitative estimate of drug-likeness (QED) is 0.801. The van der Waals surface area contributed by atoms with Gasteiger partial charge in [0, 0.05) is 5.69 Å². The van der Waals surface area contributed by atoms with Crippen LogP contribution in [0.1, 0.15) is 21.7 Å². The van der Waals surface area contributed by atoms with Gasteiger partial charge in [-0.05, 0) is 49.7 Å². The van der Waals surface area contributed by atoms with E-state index in [1.165, 1.54) is 4.80 Å². The van der Waals surface area contributed by atoms with Gasteiger partial charge in [-0.1, -0.05) is 18.2 Å². The zero-order valence-electron chi connectivity index (χ0n) is 13.8. The van der Waals surface area contributed by atoms with Crippen LogP contribution in [0.15, 0.2) is 48.5 Å². The van der Waals surface area contributed by atoms with E-state index in [1.807, 2.05) is 49.4 Å². The third-order valence-corrected chi connectivity index (χ3v) is 3.67. The van der Waals surface area contributed by atoms with E-state index in [1.54, 1.807) is 20.1 Å². The average Bonchev–Trinajstić information content (AvgIpc) is 2.99. The summed E-state index contributed by atoms with van der Waals surface area (Å²) >= 11 is 0. The van der Waals surface area contributed by atoms with Gasteiger partial charge in [-0.25, -0.2) is 0 Å². The lowest BCUT2D eigenvalue weighted by Crippen LogP contribution is -2.15. The fourth-order valence-corrected chi connectivity index (χ4v) is 2.35. The van der Waals surface area contributed by atoms with Gasteiger partial charge in [-0.2, -0.15) is 9.90 Å². The van der Waals surface area contributed by atoms with Gasteiger partial charge >= 0.3 is 0 Å². The Morgan fingerprint density at radius 2 is 1.83 bits per heavy atom. The summed E-state index contributed by atoms with van der Waals surface area (Å²) in [6.45, 7) is 3.67. The number of nitrogens with one attached hydrogen (secondary N) is 1. The van der Waals surface area contributed by atoms with E-state index in [-0.39, 0.29) is 5.91 Å². The van der Waals surface area contributed by atoms with E-state index >= 15 is 0 Å². The minimum atomic E-state index is -0.289. The average molecular weight is 322 g/mol. The lowest BCUT2D eigenvalue weighted by Gasteiger charge is -2.09. The third kappa shape index (κ3) is 3.12. The molecular weight excluding hydrogens is 304 g/mol. The lowest BCUT2D eigenvalue weighted by atomic mass is 10.2. The number of nitrogens with zero attached hydrogens (tertiary/aromatic N) is 3. The summed E-state index contributed by atoms with van der Waals surface area (Å²) in [7, 11) is 1.61. The second kappa shape index (κ2) is 6.54. The zero-order valence-corrected chi connectivity index (χ0v) is 13.8. The van der Waals surface area contributed by atoms with Gasteiger partial charge in [-0.15, -0.1) is 5.10 Å². The maximum atomic E-state index is 12.5. The zero-order chi connectivity index (χ0) is 17.1. The first kappa shape index (κ1) is 15.7. The molecule has 1 amide bonds. The number of para-hydroxylation sites is 1. The summed E-state index contributed by atoms with van der Waals surface area (Å²) in [6.07, 6.45) is 0. The monoisotopic (exact) mass is 322 g/mol. The molecule has 0 aliphatic rings. The summed E-state index contributed by atoms with van der Waals surface area (Å²) in [5, 5.41) is 11.5. The highest BCUT2D eigenvalue weighted by molar-refractivity contribution is 6.03. The van der Waals surface area contributed by atoms with Gasteiger partial charge in [0.25, 0.3) is 5.91 Å². The number of hydrogen-bond donors (Lipinski definition) is 1. The van der Waals surface area contributed by atoms with Crippen molar-refractivity contribution in [1.82, 2.24) is 15.0 Å². The predicted molar refractivity (Wildman–Crippen MR) is 91.8 cm³/mol. The number of ether oxygens (including phenoxy) is 1. The summed E-state index contributed by atoms with van der Waals surface area (Å²) < 4.78 is 5.17. The van der Waals surface area contributed by atoms with Crippen LogP contribution < -0.4 is 10.1 Å². The summed E-state index contributed by atoms with van der Waals surface area (Å²) in [5.41, 5.74) is 3.31. The van der Waals surface area contributed by atoms with Gasteiger partial charge in [-0.3, -0.25) is 4.79 Å². The molecule has 6 nitrogen and oxygen atoms in total. The Balaban J connectivity index is 1.84. The number of carbonyl (C=O) groups is 1. The lowest BCUT2D eigenvalue weighted by molar-refractivity contribution is 0.102. The van der Waals surface area contributed by atoms with Gasteiger partial charge in [0.2, 0.25) is 0 Å². The Bertz CT molecular complexity index is 872. The van der Waals surface area contributed by atoms with Crippen LogP contribution in [-0.4, -0.2) is 28.0 Å². The molecule has 6 heteroatoms. The molecule has 0 spiro atoms. The van der Waals surface area contributed by atoms with Crippen LogP contribution in [0.25, 0.3) is 5.69 Å². The number of methoxy groups -OCH3 is 1. The maximum Gasteiger partial charge on any atom is 0.278 e. The SMILES string of the molecule is COc1ccc(NC(=O)c2nn(-c3ccccc3)nc2C)c(C)c1. The molecule has 1 aromatic heterocycles. The van der Waals surface area contributed by atoms with E-state index in [2.05, 4.69) is 15.5 Å². The van der Waals surface area contributed by atoms with Crippen LogP contribution in [0.2, 0.25) is 0 Å². The summed E-state index contributed by atoms with van der Waals surface area (Å²) in [6, 6.07) is 15.0. The summed E-state index contributed by atoms with van der Waals surface area (Å²) in [4.78, 5) is 14.0. The molecule has 0 aliphatic heterocycles. The van der Waals surface area contributed by atoms with Gasteiger partial charge in [0.1, 0.15) is 5.75 Å². The van der Waals surface area contributed by atoms with Gasteiger partial charge in [0.15, 0.2) is 5.69 Å². The fraction of sp³-hybridized carbons (Fsp3) is 0.167. The van der Waals surface area contributed by atoms with Crippen LogP contribution >= 0.6 is 0 Å². The Kier molecular flexibility index (Phi) is 4.29. The minimum absolute atomic E-state index is 0.289. The number of benzene rings is 2. The highest BCUT2D eigenvalue weighted by Crippen LogP contribution is 2.21. The second-order valence-electron chi connectivity index (χ2n) is 5.39. The topological polar surface area (TPSA) is 69.0 Å². The molecule has 0 saturated carbocycles. The third-order valence-electron chi connectivity index (χ3n) is 3.67. The highest BCUT2D eigenvalue weighted by Gasteiger charge is 2.17. The molecule has 0 bridgehead atoms. The smallest absolute Gasteiger partial charge is 0.278 e.